The van der Waals surface area contributed by atoms with Crippen LogP contribution in [-0.2, 0) is 6.54 Å². The monoisotopic (exact) mass is 253 g/mol. The second-order valence-electron chi connectivity index (χ2n) is 3.22. The Kier molecular flexibility index (Phi) is 3.29. The van der Waals surface area contributed by atoms with E-state index in [9.17, 15) is 14.5 Å². The van der Waals surface area contributed by atoms with Crippen molar-refractivity contribution in [3.8, 4) is 0 Å². The molecular formula is C10H8FN3O2S. The highest BCUT2D eigenvalue weighted by Crippen LogP contribution is 2.24. The zero-order chi connectivity index (χ0) is 12.3. The SMILES string of the molecule is O=[N+]([O-])c1ccc(CNc2ccc(F)nc2)s1. The number of nitrogens with zero attached hydrogens (tertiary/aromatic N) is 2. The molecule has 0 amide bonds. The summed E-state index contributed by atoms with van der Waals surface area (Å²) in [5.74, 6) is -0.540. The van der Waals surface area contributed by atoms with Gasteiger partial charge in [-0.2, -0.15) is 4.39 Å². The van der Waals surface area contributed by atoms with Gasteiger partial charge in [-0.3, -0.25) is 10.1 Å². The van der Waals surface area contributed by atoms with Crippen molar-refractivity contribution in [3.63, 3.8) is 0 Å². The maximum Gasteiger partial charge on any atom is 0.324 e. The number of anilines is 1. The van der Waals surface area contributed by atoms with Gasteiger partial charge in [0.2, 0.25) is 5.95 Å². The molecule has 0 spiro atoms. The third-order valence-corrected chi connectivity index (χ3v) is 3.06. The van der Waals surface area contributed by atoms with E-state index in [1.807, 2.05) is 0 Å². The summed E-state index contributed by atoms with van der Waals surface area (Å²) in [4.78, 5) is 14.4. The molecule has 0 saturated carbocycles. The number of pyridine rings is 1. The number of rotatable bonds is 4. The summed E-state index contributed by atoms with van der Waals surface area (Å²) in [6, 6.07) is 5.96. The van der Waals surface area contributed by atoms with E-state index in [4.69, 9.17) is 0 Å². The van der Waals surface area contributed by atoms with Crippen LogP contribution in [0.4, 0.5) is 15.1 Å². The highest BCUT2D eigenvalue weighted by Gasteiger charge is 2.09. The molecule has 88 valence electrons. The molecule has 0 unspecified atom stereocenters. The number of nitro groups is 1. The summed E-state index contributed by atoms with van der Waals surface area (Å²) in [6.45, 7) is 0.450. The Labute approximate surface area is 100 Å². The minimum absolute atomic E-state index is 0.110. The number of halogens is 1. The second kappa shape index (κ2) is 4.88. The van der Waals surface area contributed by atoms with E-state index in [0.29, 0.717) is 12.2 Å². The van der Waals surface area contributed by atoms with Gasteiger partial charge >= 0.3 is 5.00 Å². The molecular weight excluding hydrogens is 245 g/mol. The highest BCUT2D eigenvalue weighted by atomic mass is 32.1. The number of hydrogen-bond acceptors (Lipinski definition) is 5. The van der Waals surface area contributed by atoms with Gasteiger partial charge in [0.25, 0.3) is 0 Å². The van der Waals surface area contributed by atoms with Crippen molar-refractivity contribution in [1.29, 1.82) is 0 Å². The van der Waals surface area contributed by atoms with Gasteiger partial charge in [-0.15, -0.1) is 0 Å². The standard InChI is InChI=1S/C10H8FN3O2S/c11-9-3-1-7(5-13-9)12-6-8-2-4-10(17-8)14(15)16/h1-5,12H,6H2. The lowest BCUT2D eigenvalue weighted by molar-refractivity contribution is -0.380. The van der Waals surface area contributed by atoms with Gasteiger partial charge in [0.15, 0.2) is 0 Å². The average molecular weight is 253 g/mol. The maximum absolute atomic E-state index is 12.5. The Morgan fingerprint density at radius 3 is 2.82 bits per heavy atom. The first-order valence-electron chi connectivity index (χ1n) is 4.73. The van der Waals surface area contributed by atoms with Gasteiger partial charge < -0.3 is 5.32 Å². The van der Waals surface area contributed by atoms with Crippen LogP contribution in [0.25, 0.3) is 0 Å². The fourth-order valence-corrected chi connectivity index (χ4v) is 1.99. The van der Waals surface area contributed by atoms with Crippen molar-refractivity contribution in [3.05, 3.63) is 51.4 Å². The topological polar surface area (TPSA) is 68.1 Å². The van der Waals surface area contributed by atoms with Crippen LogP contribution in [0.2, 0.25) is 0 Å². The molecule has 2 heterocycles. The molecule has 0 aromatic carbocycles. The van der Waals surface area contributed by atoms with Crippen molar-refractivity contribution in [2.75, 3.05) is 5.32 Å². The van der Waals surface area contributed by atoms with Crippen LogP contribution in [-0.4, -0.2) is 9.91 Å². The molecule has 0 fully saturated rings. The molecule has 1 N–H and O–H groups in total. The summed E-state index contributed by atoms with van der Waals surface area (Å²) >= 11 is 1.11. The minimum atomic E-state index is -0.540. The minimum Gasteiger partial charge on any atom is -0.379 e. The van der Waals surface area contributed by atoms with Gasteiger partial charge in [0, 0.05) is 17.5 Å². The fraction of sp³-hybridized carbons (Fsp3) is 0.100. The van der Waals surface area contributed by atoms with Crippen molar-refractivity contribution >= 4 is 22.0 Å². The molecule has 2 aromatic heterocycles. The van der Waals surface area contributed by atoms with Gasteiger partial charge in [-0.05, 0) is 18.2 Å². The second-order valence-corrected chi connectivity index (χ2v) is 4.37. The largest absolute Gasteiger partial charge is 0.379 e. The Hall–Kier alpha value is -2.02. The maximum atomic E-state index is 12.5. The molecule has 0 radical (unpaired) electrons. The van der Waals surface area contributed by atoms with E-state index in [-0.39, 0.29) is 5.00 Å². The normalized spacial score (nSPS) is 10.2. The molecule has 2 aromatic rings. The first-order chi connectivity index (χ1) is 8.15. The number of nitrogens with one attached hydrogen (secondary N) is 1. The van der Waals surface area contributed by atoms with Crippen LogP contribution < -0.4 is 5.32 Å². The van der Waals surface area contributed by atoms with E-state index < -0.39 is 10.9 Å². The summed E-state index contributed by atoms with van der Waals surface area (Å²) < 4.78 is 12.5. The van der Waals surface area contributed by atoms with Crippen molar-refractivity contribution in [2.24, 2.45) is 0 Å². The van der Waals surface area contributed by atoms with Crippen LogP contribution >= 0.6 is 11.3 Å². The molecule has 0 saturated heterocycles. The van der Waals surface area contributed by atoms with Crippen molar-refractivity contribution < 1.29 is 9.31 Å². The van der Waals surface area contributed by atoms with Crippen LogP contribution in [0.15, 0.2) is 30.5 Å². The summed E-state index contributed by atoms with van der Waals surface area (Å²) in [6.07, 6.45) is 1.37. The number of aromatic nitrogens is 1. The van der Waals surface area contributed by atoms with E-state index in [0.717, 1.165) is 16.2 Å². The zero-order valence-electron chi connectivity index (χ0n) is 8.59. The number of hydrogen-bond donors (Lipinski definition) is 1. The lowest BCUT2D eigenvalue weighted by Crippen LogP contribution is -1.98. The van der Waals surface area contributed by atoms with E-state index >= 15 is 0 Å². The van der Waals surface area contributed by atoms with Crippen LogP contribution in [0.5, 0.6) is 0 Å². The Morgan fingerprint density at radius 1 is 1.41 bits per heavy atom. The first-order valence-corrected chi connectivity index (χ1v) is 5.55. The Morgan fingerprint density at radius 2 is 2.24 bits per heavy atom. The molecule has 0 bridgehead atoms. The van der Waals surface area contributed by atoms with Gasteiger partial charge in [0.05, 0.1) is 16.8 Å². The first kappa shape index (κ1) is 11.5. The third-order valence-electron chi connectivity index (χ3n) is 2.02. The molecule has 0 aliphatic heterocycles. The van der Waals surface area contributed by atoms with Crippen LogP contribution in [0.1, 0.15) is 4.88 Å². The van der Waals surface area contributed by atoms with Gasteiger partial charge in [0.1, 0.15) is 0 Å². The van der Waals surface area contributed by atoms with Crippen molar-refractivity contribution in [1.82, 2.24) is 4.98 Å². The summed E-state index contributed by atoms with van der Waals surface area (Å²) in [5.41, 5.74) is 0.669. The molecule has 7 heteroatoms. The average Bonchev–Trinajstić information content (AvgIpc) is 2.77. The molecule has 0 atom stereocenters. The van der Waals surface area contributed by atoms with Crippen molar-refractivity contribution in [2.45, 2.75) is 6.54 Å². The molecule has 0 aliphatic carbocycles. The van der Waals surface area contributed by atoms with E-state index in [1.54, 1.807) is 12.1 Å². The highest BCUT2D eigenvalue weighted by molar-refractivity contribution is 7.15. The lowest BCUT2D eigenvalue weighted by Gasteiger charge is -2.02. The third kappa shape index (κ3) is 2.97. The zero-order valence-corrected chi connectivity index (χ0v) is 9.41. The van der Waals surface area contributed by atoms with Crippen LogP contribution in [0.3, 0.4) is 0 Å². The smallest absolute Gasteiger partial charge is 0.324 e. The number of thiophene rings is 1. The summed E-state index contributed by atoms with van der Waals surface area (Å²) in [7, 11) is 0. The van der Waals surface area contributed by atoms with Gasteiger partial charge in [-0.25, -0.2) is 4.98 Å². The predicted octanol–water partition coefficient (Wildman–Crippen LogP) is 2.80. The Balaban J connectivity index is 1.97. The summed E-state index contributed by atoms with van der Waals surface area (Å²) in [5, 5.41) is 13.6. The Bertz CT molecular complexity index is 527. The van der Waals surface area contributed by atoms with E-state index in [1.165, 1.54) is 18.3 Å². The fourth-order valence-electron chi connectivity index (χ4n) is 1.23. The van der Waals surface area contributed by atoms with Gasteiger partial charge in [-0.1, -0.05) is 11.3 Å². The quantitative estimate of drug-likeness (QED) is 0.517. The molecule has 5 nitrogen and oxygen atoms in total. The molecule has 2 rings (SSSR count). The lowest BCUT2D eigenvalue weighted by atomic mass is 10.4. The molecule has 17 heavy (non-hydrogen) atoms. The molecule has 0 aliphatic rings. The van der Waals surface area contributed by atoms with Crippen LogP contribution in [0, 0.1) is 16.1 Å². The van der Waals surface area contributed by atoms with E-state index in [2.05, 4.69) is 10.3 Å². The predicted molar refractivity (Wildman–Crippen MR) is 62.5 cm³/mol.